The third kappa shape index (κ3) is 4.40. The minimum atomic E-state index is -3.56. The first-order chi connectivity index (χ1) is 14.4. The number of hydrogen-bond acceptors (Lipinski definition) is 3. The van der Waals surface area contributed by atoms with Crippen LogP contribution in [0.15, 0.2) is 71.6 Å². The van der Waals surface area contributed by atoms with Crippen LogP contribution in [0.25, 0.3) is 10.8 Å². The fourth-order valence-electron chi connectivity index (χ4n) is 3.99. The Bertz CT molecular complexity index is 1170. The maximum absolute atomic E-state index is 13.1. The molecule has 3 aromatic rings. The summed E-state index contributed by atoms with van der Waals surface area (Å²) in [5.41, 5.74) is 2.23. The van der Waals surface area contributed by atoms with Gasteiger partial charge in [0.25, 0.3) is 0 Å². The summed E-state index contributed by atoms with van der Waals surface area (Å²) < 4.78 is 27.7. The lowest BCUT2D eigenvalue weighted by Crippen LogP contribution is -2.42. The molecule has 0 bridgehead atoms. The van der Waals surface area contributed by atoms with E-state index in [1.807, 2.05) is 55.5 Å². The highest BCUT2D eigenvalue weighted by atomic mass is 32.2. The summed E-state index contributed by atoms with van der Waals surface area (Å²) in [6, 6.07) is 21.0. The predicted molar refractivity (Wildman–Crippen MR) is 118 cm³/mol. The highest BCUT2D eigenvalue weighted by Gasteiger charge is 2.32. The Morgan fingerprint density at radius 3 is 2.43 bits per heavy atom. The van der Waals surface area contributed by atoms with Gasteiger partial charge in [-0.05, 0) is 48.2 Å². The fourth-order valence-corrected chi connectivity index (χ4v) is 5.50. The Morgan fingerprint density at radius 2 is 1.70 bits per heavy atom. The summed E-state index contributed by atoms with van der Waals surface area (Å²) >= 11 is 0. The molecule has 1 aliphatic heterocycles. The molecule has 1 N–H and O–H groups in total. The third-order valence-electron chi connectivity index (χ3n) is 5.73. The molecule has 0 saturated carbocycles. The van der Waals surface area contributed by atoms with Gasteiger partial charge in [0, 0.05) is 25.6 Å². The highest BCUT2D eigenvalue weighted by Crippen LogP contribution is 2.26. The van der Waals surface area contributed by atoms with Crippen LogP contribution in [-0.2, 0) is 21.4 Å². The van der Waals surface area contributed by atoms with E-state index in [1.165, 1.54) is 4.31 Å². The number of nitrogens with one attached hydrogen (secondary N) is 1. The number of benzene rings is 3. The van der Waals surface area contributed by atoms with Gasteiger partial charge in [0.05, 0.1) is 4.90 Å². The van der Waals surface area contributed by atoms with Gasteiger partial charge < -0.3 is 5.32 Å². The first kappa shape index (κ1) is 20.6. The van der Waals surface area contributed by atoms with E-state index in [-0.39, 0.29) is 11.8 Å². The molecule has 0 radical (unpaired) electrons. The van der Waals surface area contributed by atoms with Crippen LogP contribution in [0.1, 0.15) is 24.0 Å². The zero-order valence-corrected chi connectivity index (χ0v) is 17.9. The van der Waals surface area contributed by atoms with Crippen LogP contribution < -0.4 is 5.32 Å². The maximum Gasteiger partial charge on any atom is 0.243 e. The third-order valence-corrected chi connectivity index (χ3v) is 7.63. The number of amides is 1. The minimum absolute atomic E-state index is 0.000686. The summed E-state index contributed by atoms with van der Waals surface area (Å²) in [6.07, 6.45) is 1.07. The molecule has 1 aliphatic rings. The van der Waals surface area contributed by atoms with Crippen LogP contribution in [0, 0.1) is 12.8 Å². The second kappa shape index (κ2) is 8.58. The number of carbonyl (C=O) groups excluding carboxylic acids is 1. The van der Waals surface area contributed by atoms with E-state index in [1.54, 1.807) is 12.1 Å². The lowest BCUT2D eigenvalue weighted by molar-refractivity contribution is -0.126. The van der Waals surface area contributed by atoms with Crippen molar-refractivity contribution in [1.82, 2.24) is 9.62 Å². The SMILES string of the molecule is Cc1cccc(CNC(=O)C2CCN(S(=O)(=O)c3ccc4ccccc4c3)CC2)c1. The summed E-state index contributed by atoms with van der Waals surface area (Å²) in [7, 11) is -3.56. The molecule has 1 heterocycles. The van der Waals surface area contributed by atoms with Crippen molar-refractivity contribution in [1.29, 1.82) is 0 Å². The highest BCUT2D eigenvalue weighted by molar-refractivity contribution is 7.89. The van der Waals surface area contributed by atoms with E-state index < -0.39 is 10.0 Å². The Balaban J connectivity index is 1.37. The number of sulfonamides is 1. The van der Waals surface area contributed by atoms with Crippen molar-refractivity contribution < 1.29 is 13.2 Å². The Hall–Kier alpha value is -2.70. The second-order valence-electron chi connectivity index (χ2n) is 7.89. The zero-order chi connectivity index (χ0) is 21.1. The summed E-state index contributed by atoms with van der Waals surface area (Å²) in [5, 5.41) is 4.92. The molecule has 4 rings (SSSR count). The molecule has 30 heavy (non-hydrogen) atoms. The van der Waals surface area contributed by atoms with Crippen molar-refractivity contribution in [2.75, 3.05) is 13.1 Å². The first-order valence-electron chi connectivity index (χ1n) is 10.3. The van der Waals surface area contributed by atoms with E-state index in [9.17, 15) is 13.2 Å². The molecule has 1 saturated heterocycles. The summed E-state index contributed by atoms with van der Waals surface area (Å²) in [6.45, 7) is 3.24. The molecule has 0 unspecified atom stereocenters. The largest absolute Gasteiger partial charge is 0.352 e. The van der Waals surface area contributed by atoms with E-state index in [0.717, 1.165) is 21.9 Å². The molecule has 156 valence electrons. The number of aryl methyl sites for hydroxylation is 1. The van der Waals surface area contributed by atoms with Crippen LogP contribution in [0.3, 0.4) is 0 Å². The van der Waals surface area contributed by atoms with E-state index in [0.29, 0.717) is 37.4 Å². The van der Waals surface area contributed by atoms with Gasteiger partial charge in [-0.2, -0.15) is 4.31 Å². The van der Waals surface area contributed by atoms with Crippen molar-refractivity contribution in [2.45, 2.75) is 31.2 Å². The second-order valence-corrected chi connectivity index (χ2v) is 9.83. The van der Waals surface area contributed by atoms with E-state index >= 15 is 0 Å². The van der Waals surface area contributed by atoms with Gasteiger partial charge in [0.2, 0.25) is 15.9 Å². The van der Waals surface area contributed by atoms with Crippen LogP contribution in [0.4, 0.5) is 0 Å². The molecule has 5 nitrogen and oxygen atoms in total. The molecule has 0 spiro atoms. The molecule has 3 aromatic carbocycles. The molecule has 1 fully saturated rings. The van der Waals surface area contributed by atoms with Gasteiger partial charge in [-0.3, -0.25) is 4.79 Å². The van der Waals surface area contributed by atoms with Crippen molar-refractivity contribution >= 4 is 26.7 Å². The Morgan fingerprint density at radius 1 is 0.967 bits per heavy atom. The standard InChI is InChI=1S/C24H26N2O3S/c1-18-5-4-6-19(15-18)17-25-24(27)21-11-13-26(14-12-21)30(28,29)23-10-9-20-7-2-3-8-22(20)16-23/h2-10,15-16,21H,11-14,17H2,1H3,(H,25,27). The van der Waals surface area contributed by atoms with Crippen LogP contribution >= 0.6 is 0 Å². The van der Waals surface area contributed by atoms with Crippen LogP contribution in [-0.4, -0.2) is 31.7 Å². The average Bonchev–Trinajstić information content (AvgIpc) is 2.77. The number of hydrogen-bond donors (Lipinski definition) is 1. The van der Waals surface area contributed by atoms with Gasteiger partial charge in [-0.25, -0.2) is 8.42 Å². The molecular weight excluding hydrogens is 396 g/mol. The fraction of sp³-hybridized carbons (Fsp3) is 0.292. The lowest BCUT2D eigenvalue weighted by atomic mass is 9.97. The molecule has 0 aromatic heterocycles. The average molecular weight is 423 g/mol. The van der Waals surface area contributed by atoms with Gasteiger partial charge in [0.15, 0.2) is 0 Å². The number of fused-ring (bicyclic) bond motifs is 1. The Labute approximate surface area is 177 Å². The van der Waals surface area contributed by atoms with E-state index in [2.05, 4.69) is 11.4 Å². The predicted octanol–water partition coefficient (Wildman–Crippen LogP) is 3.87. The minimum Gasteiger partial charge on any atom is -0.352 e. The lowest BCUT2D eigenvalue weighted by Gasteiger charge is -2.30. The molecule has 6 heteroatoms. The smallest absolute Gasteiger partial charge is 0.243 e. The molecule has 1 amide bonds. The zero-order valence-electron chi connectivity index (χ0n) is 17.0. The maximum atomic E-state index is 13.1. The van der Waals surface area contributed by atoms with Crippen molar-refractivity contribution in [3.05, 3.63) is 77.9 Å². The van der Waals surface area contributed by atoms with Gasteiger partial charge in [0.1, 0.15) is 0 Å². The van der Waals surface area contributed by atoms with Gasteiger partial charge in [-0.1, -0.05) is 60.2 Å². The van der Waals surface area contributed by atoms with Gasteiger partial charge in [-0.15, -0.1) is 0 Å². The number of piperidine rings is 1. The van der Waals surface area contributed by atoms with Crippen LogP contribution in [0.5, 0.6) is 0 Å². The first-order valence-corrected chi connectivity index (χ1v) is 11.7. The molecule has 0 aliphatic carbocycles. The van der Waals surface area contributed by atoms with Crippen molar-refractivity contribution in [3.63, 3.8) is 0 Å². The van der Waals surface area contributed by atoms with Crippen molar-refractivity contribution in [2.24, 2.45) is 5.92 Å². The van der Waals surface area contributed by atoms with Crippen molar-refractivity contribution in [3.8, 4) is 0 Å². The van der Waals surface area contributed by atoms with Gasteiger partial charge >= 0.3 is 0 Å². The quantitative estimate of drug-likeness (QED) is 0.679. The summed E-state index contributed by atoms with van der Waals surface area (Å²) in [5.74, 6) is -0.155. The van der Waals surface area contributed by atoms with E-state index in [4.69, 9.17) is 0 Å². The van der Waals surface area contributed by atoms with Crippen LogP contribution in [0.2, 0.25) is 0 Å². The number of carbonyl (C=O) groups is 1. The topological polar surface area (TPSA) is 66.5 Å². The number of nitrogens with zero attached hydrogens (tertiary/aromatic N) is 1. The Kier molecular flexibility index (Phi) is 5.88. The molecular formula is C24H26N2O3S. The molecule has 0 atom stereocenters. The summed E-state index contributed by atoms with van der Waals surface area (Å²) in [4.78, 5) is 12.9. The normalized spacial score (nSPS) is 15.9. The number of rotatable bonds is 5. The monoisotopic (exact) mass is 422 g/mol.